The molecule has 0 atom stereocenters. The summed E-state index contributed by atoms with van der Waals surface area (Å²) in [6.45, 7) is 4.27. The summed E-state index contributed by atoms with van der Waals surface area (Å²) >= 11 is 0. The van der Waals surface area contributed by atoms with Gasteiger partial charge in [-0.15, -0.1) is 0 Å². The lowest BCUT2D eigenvalue weighted by molar-refractivity contribution is 0.304. The number of hydrogen-bond acceptors (Lipinski definition) is 5. The first-order valence-electron chi connectivity index (χ1n) is 3.56. The smallest absolute Gasteiger partial charge is 0.0645 e. The van der Waals surface area contributed by atoms with Gasteiger partial charge < -0.3 is 5.11 Å². The van der Waals surface area contributed by atoms with E-state index in [1.165, 1.54) is 20.8 Å². The average molecular weight is 194 g/mol. The van der Waals surface area contributed by atoms with Gasteiger partial charge in [0.1, 0.15) is 0 Å². The van der Waals surface area contributed by atoms with Crippen molar-refractivity contribution in [2.75, 3.05) is 6.61 Å². The van der Waals surface area contributed by atoms with Crippen LogP contribution in [0.3, 0.4) is 0 Å². The summed E-state index contributed by atoms with van der Waals surface area (Å²) in [5, 5.41) is 37.5. The lowest BCUT2D eigenvalue weighted by Gasteiger charge is -1.67. The van der Waals surface area contributed by atoms with Crippen LogP contribution in [0.5, 0.6) is 0 Å². The van der Waals surface area contributed by atoms with Crippen LogP contribution in [0.15, 0.2) is 0 Å². The number of nitriles is 4. The highest BCUT2D eigenvalue weighted by Crippen LogP contribution is 1.62. The van der Waals surface area contributed by atoms with Gasteiger partial charge in [0.25, 0.3) is 0 Å². The van der Waals surface area contributed by atoms with Crippen LogP contribution in [0.25, 0.3) is 0 Å². The predicted molar refractivity (Wildman–Crippen MR) is 51.2 cm³/mol. The molecule has 0 aromatic rings. The molecule has 0 bridgehead atoms. The highest BCUT2D eigenvalue weighted by molar-refractivity contribution is 4.65. The molecule has 14 heavy (non-hydrogen) atoms. The molecule has 0 aromatic carbocycles. The van der Waals surface area contributed by atoms with Gasteiger partial charge in [-0.25, -0.2) is 0 Å². The van der Waals surface area contributed by atoms with Gasteiger partial charge in [0.05, 0.1) is 37.3 Å². The van der Waals surface area contributed by atoms with Crippen LogP contribution in [-0.2, 0) is 0 Å². The number of aliphatic hydroxyl groups excluding tert-OH is 1. The molecular weight excluding hydrogens is 180 g/mol. The third kappa shape index (κ3) is 123000. The van der Waals surface area contributed by atoms with Crippen molar-refractivity contribution in [3.05, 3.63) is 0 Å². The second-order valence-electron chi connectivity index (χ2n) is 1.30. The minimum absolute atomic E-state index is 0.0174. The second kappa shape index (κ2) is 69.9. The predicted octanol–water partition coefficient (Wildman–Crippen LogP) is 1.48. The summed E-state index contributed by atoms with van der Waals surface area (Å²) < 4.78 is 0. The molecule has 0 unspecified atom stereocenters. The Labute approximate surface area is 85.0 Å². The minimum Gasteiger partial charge on any atom is -0.395 e. The van der Waals surface area contributed by atoms with Crippen molar-refractivity contribution in [3.63, 3.8) is 0 Å². The molecule has 0 saturated carbocycles. The standard InChI is InChI=1S/C3H5NO.3C2H3N/c4-2-1-3-5;3*1-2-3/h5H,1,3H2;3*1H3. The molecule has 0 aliphatic heterocycles. The zero-order chi connectivity index (χ0) is 12.2. The van der Waals surface area contributed by atoms with E-state index in [4.69, 9.17) is 26.2 Å². The zero-order valence-electron chi connectivity index (χ0n) is 8.65. The van der Waals surface area contributed by atoms with E-state index in [9.17, 15) is 0 Å². The molecule has 0 heterocycles. The van der Waals surface area contributed by atoms with Crippen molar-refractivity contribution in [1.82, 2.24) is 0 Å². The van der Waals surface area contributed by atoms with Gasteiger partial charge >= 0.3 is 0 Å². The highest BCUT2D eigenvalue weighted by Gasteiger charge is 1.66. The van der Waals surface area contributed by atoms with E-state index in [0.717, 1.165) is 0 Å². The fourth-order valence-corrected chi connectivity index (χ4v) is 0.0500. The van der Waals surface area contributed by atoms with Crippen LogP contribution in [0.4, 0.5) is 0 Å². The molecule has 5 nitrogen and oxygen atoms in total. The minimum atomic E-state index is -0.0174. The first kappa shape index (κ1) is 22.7. The van der Waals surface area contributed by atoms with Gasteiger partial charge in [0.2, 0.25) is 0 Å². The Bertz CT molecular complexity index is 195. The Balaban J connectivity index is -0.0000000495. The molecule has 0 aliphatic carbocycles. The lowest BCUT2D eigenvalue weighted by Crippen LogP contribution is -1.72. The summed E-state index contributed by atoms with van der Waals surface area (Å²) in [6, 6.07) is 7.02. The summed E-state index contributed by atoms with van der Waals surface area (Å²) in [4.78, 5) is 0. The van der Waals surface area contributed by atoms with Crippen LogP contribution in [0.1, 0.15) is 27.2 Å². The zero-order valence-corrected chi connectivity index (χ0v) is 8.65. The Morgan fingerprint density at radius 2 is 1.07 bits per heavy atom. The van der Waals surface area contributed by atoms with Crippen LogP contribution in [0.2, 0.25) is 0 Å². The van der Waals surface area contributed by atoms with E-state index >= 15 is 0 Å². The number of nitrogens with zero attached hydrogens (tertiary/aromatic N) is 4. The van der Waals surface area contributed by atoms with Crippen molar-refractivity contribution < 1.29 is 5.11 Å². The van der Waals surface area contributed by atoms with Crippen LogP contribution < -0.4 is 0 Å². The van der Waals surface area contributed by atoms with Crippen molar-refractivity contribution in [3.8, 4) is 24.3 Å². The van der Waals surface area contributed by atoms with Crippen molar-refractivity contribution in [2.45, 2.75) is 27.2 Å². The van der Waals surface area contributed by atoms with Crippen molar-refractivity contribution in [1.29, 1.82) is 21.0 Å². The molecule has 1 N–H and O–H groups in total. The maximum atomic E-state index is 7.84. The van der Waals surface area contributed by atoms with Crippen LogP contribution in [-0.4, -0.2) is 11.7 Å². The Morgan fingerprint density at radius 1 is 0.857 bits per heavy atom. The third-order valence-corrected chi connectivity index (χ3v) is 0.224. The quantitative estimate of drug-likeness (QED) is 0.678. The Hall–Kier alpha value is -2.08. The average Bonchev–Trinajstić information content (AvgIpc) is 2.09. The lowest BCUT2D eigenvalue weighted by atomic mass is 10.5. The van der Waals surface area contributed by atoms with Gasteiger partial charge in [-0.1, -0.05) is 0 Å². The van der Waals surface area contributed by atoms with E-state index in [0.29, 0.717) is 0 Å². The van der Waals surface area contributed by atoms with E-state index in [1.54, 1.807) is 24.3 Å². The van der Waals surface area contributed by atoms with Crippen molar-refractivity contribution >= 4 is 0 Å². The van der Waals surface area contributed by atoms with Gasteiger partial charge in [0, 0.05) is 20.8 Å². The molecule has 0 fully saturated rings. The third-order valence-electron chi connectivity index (χ3n) is 0.224. The molecule has 0 aliphatic rings. The summed E-state index contributed by atoms with van der Waals surface area (Å²) in [5.74, 6) is 0. The maximum absolute atomic E-state index is 7.84. The second-order valence-corrected chi connectivity index (χ2v) is 1.30. The monoisotopic (exact) mass is 194 g/mol. The van der Waals surface area contributed by atoms with Crippen LogP contribution >= 0.6 is 0 Å². The van der Waals surface area contributed by atoms with Gasteiger partial charge in [-0.05, 0) is 0 Å². The molecule has 0 amide bonds. The highest BCUT2D eigenvalue weighted by atomic mass is 16.2. The fraction of sp³-hybridized carbons (Fsp3) is 0.556. The summed E-state index contributed by atoms with van der Waals surface area (Å²) in [5.41, 5.74) is 0. The van der Waals surface area contributed by atoms with E-state index in [1.807, 2.05) is 0 Å². The van der Waals surface area contributed by atoms with E-state index < -0.39 is 0 Å². The van der Waals surface area contributed by atoms with E-state index in [2.05, 4.69) is 0 Å². The Kier molecular flexibility index (Phi) is 113. The Morgan fingerprint density at radius 3 is 1.07 bits per heavy atom. The molecule has 5 heteroatoms. The number of aliphatic hydroxyl groups is 1. The summed E-state index contributed by atoms with van der Waals surface area (Å²) in [6.07, 6.45) is 0.250. The normalized spacial score (nSPS) is 4.00. The van der Waals surface area contributed by atoms with Gasteiger partial charge in [0.15, 0.2) is 0 Å². The molecule has 0 rings (SSSR count). The molecular formula is C9H14N4O. The topological polar surface area (TPSA) is 115 Å². The molecule has 76 valence electrons. The van der Waals surface area contributed by atoms with Crippen molar-refractivity contribution in [2.24, 2.45) is 0 Å². The molecule has 0 saturated heterocycles. The molecule has 0 spiro atoms. The number of rotatable bonds is 1. The largest absolute Gasteiger partial charge is 0.395 e. The first-order valence-corrected chi connectivity index (χ1v) is 3.56. The van der Waals surface area contributed by atoms with Crippen LogP contribution in [0, 0.1) is 45.3 Å². The maximum Gasteiger partial charge on any atom is 0.0645 e. The summed E-state index contributed by atoms with van der Waals surface area (Å²) in [7, 11) is 0. The van der Waals surface area contributed by atoms with Gasteiger partial charge in [-0.3, -0.25) is 0 Å². The first-order chi connectivity index (χ1) is 6.66. The molecule has 0 radical (unpaired) electrons. The SMILES string of the molecule is CC#N.CC#N.CC#N.N#CCCO. The molecule has 0 aromatic heterocycles. The van der Waals surface area contributed by atoms with E-state index in [-0.39, 0.29) is 13.0 Å². The van der Waals surface area contributed by atoms with Gasteiger partial charge in [-0.2, -0.15) is 21.0 Å². The fourth-order valence-electron chi connectivity index (χ4n) is 0.0500. The number of hydrogen-bond donors (Lipinski definition) is 1.